The predicted octanol–water partition coefficient (Wildman–Crippen LogP) is 8.98. The molecule has 274 valence electrons. The number of likely N-dealkylation sites (tertiary alicyclic amines) is 1. The summed E-state index contributed by atoms with van der Waals surface area (Å²) in [5, 5.41) is 0. The Kier molecular flexibility index (Phi) is 13.6. The molecule has 5 rings (SSSR count). The van der Waals surface area contributed by atoms with Crippen molar-refractivity contribution < 1.29 is 28.3 Å². The van der Waals surface area contributed by atoms with Crippen molar-refractivity contribution in [2.24, 2.45) is 17.3 Å². The highest BCUT2D eigenvalue weighted by Gasteiger charge is 2.45. The molecule has 0 radical (unpaired) electrons. The van der Waals surface area contributed by atoms with Gasteiger partial charge in [0.2, 0.25) is 5.91 Å². The highest BCUT2D eigenvalue weighted by molar-refractivity contribution is 6.04. The van der Waals surface area contributed by atoms with Crippen LogP contribution in [0.1, 0.15) is 160 Å². The van der Waals surface area contributed by atoms with Crippen LogP contribution in [0.5, 0.6) is 0 Å². The SMILES string of the molecule is CCCCCCCCCCCC(=O)OCCC(C)(C)C(=O)n1c2c(c3c1C[C@H]1CCN(CCCC(=O)c4ccc(F)cc4)C[C@@H]1C3=O)CCC2. The first kappa shape index (κ1) is 38.1. The van der Waals surface area contributed by atoms with E-state index in [1.807, 2.05) is 18.4 Å². The zero-order valence-electron chi connectivity index (χ0n) is 30.8. The summed E-state index contributed by atoms with van der Waals surface area (Å²) in [6, 6.07) is 5.70. The molecule has 0 saturated carbocycles. The zero-order chi connectivity index (χ0) is 35.7. The van der Waals surface area contributed by atoms with Crippen molar-refractivity contribution in [2.75, 3.05) is 26.2 Å². The number of ether oxygens (including phenoxy) is 1. The van der Waals surface area contributed by atoms with E-state index < -0.39 is 5.41 Å². The van der Waals surface area contributed by atoms with Gasteiger partial charge in [0.25, 0.3) is 0 Å². The lowest BCUT2D eigenvalue weighted by molar-refractivity contribution is -0.144. The number of hydrogen-bond acceptors (Lipinski definition) is 6. The summed E-state index contributed by atoms with van der Waals surface area (Å²) < 4.78 is 20.7. The number of hydrogen-bond donors (Lipinski definition) is 0. The third-order valence-electron chi connectivity index (χ3n) is 11.5. The van der Waals surface area contributed by atoms with Gasteiger partial charge in [-0.3, -0.25) is 23.7 Å². The van der Waals surface area contributed by atoms with Crippen LogP contribution in [-0.2, 0) is 28.8 Å². The summed E-state index contributed by atoms with van der Waals surface area (Å²) in [5.41, 5.74) is 3.57. The molecule has 2 heterocycles. The fourth-order valence-corrected chi connectivity index (χ4v) is 8.39. The van der Waals surface area contributed by atoms with Crippen LogP contribution in [-0.4, -0.2) is 59.2 Å². The van der Waals surface area contributed by atoms with E-state index in [0.717, 1.165) is 87.0 Å². The van der Waals surface area contributed by atoms with Crippen LogP contribution in [0.3, 0.4) is 0 Å². The summed E-state index contributed by atoms with van der Waals surface area (Å²) >= 11 is 0. The molecule has 2 atom stereocenters. The first-order valence-corrected chi connectivity index (χ1v) is 19.6. The maximum Gasteiger partial charge on any atom is 0.305 e. The number of benzene rings is 1. The lowest BCUT2D eigenvalue weighted by atomic mass is 9.72. The topological polar surface area (TPSA) is 85.7 Å². The largest absolute Gasteiger partial charge is 0.466 e. The molecule has 1 aliphatic heterocycles. The quantitative estimate of drug-likeness (QED) is 0.0831. The van der Waals surface area contributed by atoms with E-state index in [1.165, 1.54) is 62.8 Å². The number of rotatable bonds is 19. The Labute approximate surface area is 298 Å². The first-order valence-electron chi connectivity index (χ1n) is 19.6. The molecule has 0 amide bonds. The van der Waals surface area contributed by atoms with Crippen LogP contribution >= 0.6 is 0 Å². The molecule has 1 fully saturated rings. The third kappa shape index (κ3) is 9.40. The van der Waals surface area contributed by atoms with Crippen molar-refractivity contribution in [1.29, 1.82) is 0 Å². The average molecular weight is 691 g/mol. The summed E-state index contributed by atoms with van der Waals surface area (Å²) in [5.74, 6) is -0.251. The summed E-state index contributed by atoms with van der Waals surface area (Å²) in [6.45, 7) is 8.60. The molecule has 2 aromatic rings. The van der Waals surface area contributed by atoms with Gasteiger partial charge >= 0.3 is 5.97 Å². The fourth-order valence-electron chi connectivity index (χ4n) is 8.39. The van der Waals surface area contributed by atoms with Gasteiger partial charge < -0.3 is 9.64 Å². The molecule has 1 saturated heterocycles. The summed E-state index contributed by atoms with van der Waals surface area (Å²) in [6.07, 6.45) is 16.9. The molecule has 0 bridgehead atoms. The van der Waals surface area contributed by atoms with Crippen LogP contribution in [0.25, 0.3) is 0 Å². The van der Waals surface area contributed by atoms with Crippen LogP contribution in [0.2, 0.25) is 0 Å². The van der Waals surface area contributed by atoms with E-state index >= 15 is 0 Å². The molecule has 0 unspecified atom stereocenters. The van der Waals surface area contributed by atoms with Crippen molar-refractivity contribution in [1.82, 2.24) is 9.47 Å². The molecule has 3 aliphatic rings. The highest BCUT2D eigenvalue weighted by Crippen LogP contribution is 2.43. The van der Waals surface area contributed by atoms with Gasteiger partial charge in [-0.25, -0.2) is 4.39 Å². The van der Waals surface area contributed by atoms with Gasteiger partial charge in [-0.15, -0.1) is 0 Å². The van der Waals surface area contributed by atoms with Crippen molar-refractivity contribution in [3.05, 3.63) is 58.2 Å². The van der Waals surface area contributed by atoms with E-state index in [2.05, 4.69) is 11.8 Å². The Morgan fingerprint density at radius 2 is 1.60 bits per heavy atom. The number of esters is 1. The first-order chi connectivity index (χ1) is 24.1. The molecular formula is C42H59FN2O5. The normalized spacial score (nSPS) is 18.8. The van der Waals surface area contributed by atoms with E-state index in [0.29, 0.717) is 37.8 Å². The number of carbonyl (C=O) groups excluding carboxylic acids is 4. The number of halogens is 1. The number of nitrogens with zero attached hydrogens (tertiary/aromatic N) is 2. The second-order valence-electron chi connectivity index (χ2n) is 15.7. The standard InChI is InChI=1S/C42H59FN2O5/c1-4-5-6-7-8-9-10-11-12-18-38(47)50-27-24-42(2,3)41(49)45-35-16-13-15-33(35)39-36(45)28-31-23-26-44(29-34(31)40(39)48)25-14-17-37(46)30-19-21-32(43)22-20-30/h19-22,31,34H,4-18,23-29H2,1-3H3/t31-,34+/m1/s1. The van der Waals surface area contributed by atoms with Crippen LogP contribution in [0, 0.1) is 23.1 Å². The third-order valence-corrected chi connectivity index (χ3v) is 11.5. The van der Waals surface area contributed by atoms with Crippen LogP contribution in [0.4, 0.5) is 4.39 Å². The number of carbonyl (C=O) groups is 4. The second kappa shape index (κ2) is 17.9. The van der Waals surface area contributed by atoms with Crippen molar-refractivity contribution in [3.8, 4) is 0 Å². The maximum atomic E-state index is 14.3. The summed E-state index contributed by atoms with van der Waals surface area (Å²) in [4.78, 5) is 55.8. The second-order valence-corrected chi connectivity index (χ2v) is 15.7. The van der Waals surface area contributed by atoms with Crippen molar-refractivity contribution in [2.45, 2.75) is 136 Å². The number of Topliss-reactive ketones (excluding diaryl/α,β-unsaturated/α-hetero) is 2. The highest BCUT2D eigenvalue weighted by atomic mass is 19.1. The molecule has 7 nitrogen and oxygen atoms in total. The molecule has 0 spiro atoms. The number of ketones is 2. The number of fused-ring (bicyclic) bond motifs is 4. The fraction of sp³-hybridized carbons (Fsp3) is 0.667. The molecule has 2 aliphatic carbocycles. The minimum Gasteiger partial charge on any atom is -0.466 e. The number of piperidine rings is 1. The molecule has 8 heteroatoms. The van der Waals surface area contributed by atoms with Crippen molar-refractivity contribution >= 4 is 23.4 Å². The van der Waals surface area contributed by atoms with Gasteiger partial charge in [0.1, 0.15) is 5.82 Å². The van der Waals surface area contributed by atoms with Gasteiger partial charge in [0, 0.05) is 53.2 Å². The molecule has 1 aromatic heterocycles. The molecular weight excluding hydrogens is 631 g/mol. The molecule has 50 heavy (non-hydrogen) atoms. The van der Waals surface area contributed by atoms with Gasteiger partial charge in [-0.1, -0.05) is 72.1 Å². The minimum absolute atomic E-state index is 0.00129. The summed E-state index contributed by atoms with van der Waals surface area (Å²) in [7, 11) is 0. The van der Waals surface area contributed by atoms with Gasteiger partial charge in [-0.2, -0.15) is 0 Å². The number of unbranched alkanes of at least 4 members (excludes halogenated alkanes) is 8. The average Bonchev–Trinajstić information content (AvgIpc) is 3.68. The minimum atomic E-state index is -0.740. The molecule has 1 aromatic carbocycles. The monoisotopic (exact) mass is 690 g/mol. The lowest BCUT2D eigenvalue weighted by Crippen LogP contribution is -2.47. The van der Waals surface area contributed by atoms with E-state index in [9.17, 15) is 23.6 Å². The Hall–Kier alpha value is -3.13. The Bertz CT molecular complexity index is 1490. The predicted molar refractivity (Wildman–Crippen MR) is 194 cm³/mol. The zero-order valence-corrected chi connectivity index (χ0v) is 30.8. The van der Waals surface area contributed by atoms with Gasteiger partial charge in [-0.05, 0) is 100 Å². The van der Waals surface area contributed by atoms with E-state index in [1.54, 1.807) is 0 Å². The van der Waals surface area contributed by atoms with E-state index in [4.69, 9.17) is 4.74 Å². The van der Waals surface area contributed by atoms with Gasteiger partial charge in [0.15, 0.2) is 11.6 Å². The smallest absolute Gasteiger partial charge is 0.305 e. The lowest BCUT2D eigenvalue weighted by Gasteiger charge is -2.41. The maximum absolute atomic E-state index is 14.3. The Balaban J connectivity index is 1.12. The molecule has 0 N–H and O–H groups in total. The van der Waals surface area contributed by atoms with Crippen molar-refractivity contribution in [3.63, 3.8) is 0 Å². The van der Waals surface area contributed by atoms with Gasteiger partial charge in [0.05, 0.1) is 6.61 Å². The Morgan fingerprint density at radius 1 is 0.900 bits per heavy atom. The van der Waals surface area contributed by atoms with Crippen LogP contribution < -0.4 is 0 Å². The van der Waals surface area contributed by atoms with E-state index in [-0.39, 0.29) is 47.7 Å². The Morgan fingerprint density at radius 3 is 2.32 bits per heavy atom. The number of aromatic nitrogens is 1. The van der Waals surface area contributed by atoms with Crippen LogP contribution in [0.15, 0.2) is 24.3 Å².